The molecule has 8 heteroatoms. The Hall–Kier alpha value is -1.12. The molecule has 0 unspecified atom stereocenters. The van der Waals surface area contributed by atoms with Crippen molar-refractivity contribution < 1.29 is 9.18 Å². The molecule has 106 valence electrons. The molecule has 4 nitrogen and oxygen atoms in total. The molecule has 20 heavy (non-hydrogen) atoms. The van der Waals surface area contributed by atoms with E-state index in [-0.39, 0.29) is 17.0 Å². The first-order valence-electron chi connectivity index (χ1n) is 5.69. The number of anilines is 1. The molecule has 2 aromatic rings. The van der Waals surface area contributed by atoms with E-state index in [4.69, 9.17) is 0 Å². The van der Waals surface area contributed by atoms with Gasteiger partial charge in [0.05, 0.1) is 5.25 Å². The molecule has 1 aromatic carbocycles. The van der Waals surface area contributed by atoms with Crippen LogP contribution in [0, 0.1) is 5.82 Å². The molecule has 1 aromatic heterocycles. The third-order valence-electron chi connectivity index (χ3n) is 2.32. The summed E-state index contributed by atoms with van der Waals surface area (Å²) in [6.07, 6.45) is 1.93. The van der Waals surface area contributed by atoms with E-state index in [0.717, 1.165) is 8.68 Å². The summed E-state index contributed by atoms with van der Waals surface area (Å²) < 4.78 is 14.4. The SMILES string of the molecule is CSc1nnc(S[C@H](C)C(=O)Nc2ccc(F)cc2)s1. The summed E-state index contributed by atoms with van der Waals surface area (Å²) in [5, 5.41) is 10.4. The van der Waals surface area contributed by atoms with Crippen LogP contribution in [0.15, 0.2) is 32.9 Å². The van der Waals surface area contributed by atoms with Gasteiger partial charge in [-0.2, -0.15) is 0 Å². The second kappa shape index (κ2) is 7.05. The number of amides is 1. The van der Waals surface area contributed by atoms with Crippen molar-refractivity contribution in [2.45, 2.75) is 20.9 Å². The lowest BCUT2D eigenvalue weighted by Gasteiger charge is -2.10. The lowest BCUT2D eigenvalue weighted by Crippen LogP contribution is -2.22. The van der Waals surface area contributed by atoms with Crippen molar-refractivity contribution in [1.82, 2.24) is 10.2 Å². The third-order valence-corrected chi connectivity index (χ3v) is 5.40. The zero-order valence-electron chi connectivity index (χ0n) is 10.8. The molecule has 0 bridgehead atoms. The fourth-order valence-electron chi connectivity index (χ4n) is 1.31. The number of aromatic nitrogens is 2. The molecule has 0 aliphatic heterocycles. The molecular weight excluding hydrogens is 317 g/mol. The normalized spacial score (nSPS) is 12.2. The summed E-state index contributed by atoms with van der Waals surface area (Å²) in [5.74, 6) is -0.480. The van der Waals surface area contributed by atoms with Crippen LogP contribution in [0.1, 0.15) is 6.92 Å². The molecule has 0 aliphatic rings. The number of carbonyl (C=O) groups excluding carboxylic acids is 1. The highest BCUT2D eigenvalue weighted by Crippen LogP contribution is 2.30. The molecule has 0 saturated carbocycles. The summed E-state index contributed by atoms with van der Waals surface area (Å²) in [5.41, 5.74) is 0.575. The van der Waals surface area contributed by atoms with Crippen LogP contribution < -0.4 is 5.32 Å². The highest BCUT2D eigenvalue weighted by atomic mass is 32.2. The first kappa shape index (κ1) is 15.3. The lowest BCUT2D eigenvalue weighted by atomic mass is 10.3. The molecule has 1 atom stereocenters. The Labute approximate surface area is 128 Å². The predicted molar refractivity (Wildman–Crippen MR) is 82.0 cm³/mol. The predicted octanol–water partition coefficient (Wildman–Crippen LogP) is 3.52. The van der Waals surface area contributed by atoms with E-state index in [2.05, 4.69) is 15.5 Å². The maximum absolute atomic E-state index is 12.8. The second-order valence-electron chi connectivity index (χ2n) is 3.79. The molecule has 0 spiro atoms. The Bertz CT molecular complexity index is 588. The molecule has 1 N–H and O–H groups in total. The number of benzene rings is 1. The van der Waals surface area contributed by atoms with Crippen LogP contribution >= 0.6 is 34.9 Å². The fraction of sp³-hybridized carbons (Fsp3) is 0.250. The van der Waals surface area contributed by atoms with Crippen molar-refractivity contribution in [2.24, 2.45) is 0 Å². The monoisotopic (exact) mass is 329 g/mol. The van der Waals surface area contributed by atoms with Crippen molar-refractivity contribution in [3.8, 4) is 0 Å². The van der Waals surface area contributed by atoms with Gasteiger partial charge in [-0.15, -0.1) is 10.2 Å². The average molecular weight is 329 g/mol. The van der Waals surface area contributed by atoms with Gasteiger partial charge in [0, 0.05) is 5.69 Å². The van der Waals surface area contributed by atoms with E-state index < -0.39 is 0 Å². The fourth-order valence-corrected chi connectivity index (χ4v) is 3.89. The van der Waals surface area contributed by atoms with E-state index in [1.807, 2.05) is 6.26 Å². The standard InChI is InChI=1S/C12H12FN3OS3/c1-7(19-12-16-15-11(18-2)20-12)10(17)14-9-5-3-8(13)4-6-9/h3-7H,1-2H3,(H,14,17)/t7-/m1/s1. The van der Waals surface area contributed by atoms with Crippen LogP contribution in [0.4, 0.5) is 10.1 Å². The van der Waals surface area contributed by atoms with Crippen LogP contribution in [-0.2, 0) is 4.79 Å². The van der Waals surface area contributed by atoms with Gasteiger partial charge in [0.2, 0.25) is 5.91 Å². The molecular formula is C12H12FN3OS3. The van der Waals surface area contributed by atoms with E-state index >= 15 is 0 Å². The number of rotatable bonds is 5. The van der Waals surface area contributed by atoms with Gasteiger partial charge in [0.15, 0.2) is 8.68 Å². The summed E-state index contributed by atoms with van der Waals surface area (Å²) in [4.78, 5) is 12.0. The highest BCUT2D eigenvalue weighted by Gasteiger charge is 2.17. The topological polar surface area (TPSA) is 54.9 Å². The van der Waals surface area contributed by atoms with Gasteiger partial charge in [-0.25, -0.2) is 4.39 Å². The Morgan fingerprint density at radius 3 is 2.55 bits per heavy atom. The number of hydrogen-bond acceptors (Lipinski definition) is 6. The Morgan fingerprint density at radius 1 is 1.30 bits per heavy atom. The van der Waals surface area contributed by atoms with E-state index in [9.17, 15) is 9.18 Å². The van der Waals surface area contributed by atoms with Gasteiger partial charge in [0.25, 0.3) is 0 Å². The zero-order chi connectivity index (χ0) is 14.5. The van der Waals surface area contributed by atoms with E-state index in [0.29, 0.717) is 5.69 Å². The number of hydrogen-bond donors (Lipinski definition) is 1. The third kappa shape index (κ3) is 4.19. The quantitative estimate of drug-likeness (QED) is 0.851. The number of thioether (sulfide) groups is 2. The van der Waals surface area contributed by atoms with Crippen LogP contribution in [0.5, 0.6) is 0 Å². The molecule has 0 aliphatic carbocycles. The van der Waals surface area contributed by atoms with Crippen molar-refractivity contribution in [2.75, 3.05) is 11.6 Å². The smallest absolute Gasteiger partial charge is 0.237 e. The minimum Gasteiger partial charge on any atom is -0.325 e. The maximum Gasteiger partial charge on any atom is 0.237 e. The first-order valence-corrected chi connectivity index (χ1v) is 8.61. The summed E-state index contributed by atoms with van der Waals surface area (Å²) in [6.45, 7) is 1.80. The summed E-state index contributed by atoms with van der Waals surface area (Å²) in [7, 11) is 0. The minimum absolute atomic E-state index is 0.150. The van der Waals surface area contributed by atoms with Crippen molar-refractivity contribution >= 4 is 46.5 Å². The van der Waals surface area contributed by atoms with Crippen LogP contribution in [-0.4, -0.2) is 27.6 Å². The molecule has 0 radical (unpaired) electrons. The average Bonchev–Trinajstić information content (AvgIpc) is 2.89. The highest BCUT2D eigenvalue weighted by molar-refractivity contribution is 8.03. The van der Waals surface area contributed by atoms with E-state index in [1.54, 1.807) is 6.92 Å². The van der Waals surface area contributed by atoms with Gasteiger partial charge in [-0.3, -0.25) is 4.79 Å². The molecule has 0 fully saturated rings. The Kier molecular flexibility index (Phi) is 5.38. The maximum atomic E-state index is 12.8. The largest absolute Gasteiger partial charge is 0.325 e. The second-order valence-corrected chi connectivity index (χ2v) is 7.41. The summed E-state index contributed by atoms with van der Waals surface area (Å²) in [6, 6.07) is 5.68. The Morgan fingerprint density at radius 2 is 1.95 bits per heavy atom. The zero-order valence-corrected chi connectivity index (χ0v) is 13.2. The van der Waals surface area contributed by atoms with Gasteiger partial charge in [-0.1, -0.05) is 34.9 Å². The van der Waals surface area contributed by atoms with E-state index in [1.165, 1.54) is 59.1 Å². The van der Waals surface area contributed by atoms with Gasteiger partial charge in [0.1, 0.15) is 5.82 Å². The molecule has 2 rings (SSSR count). The summed E-state index contributed by atoms with van der Waals surface area (Å²) >= 11 is 4.34. The van der Waals surface area contributed by atoms with Gasteiger partial charge >= 0.3 is 0 Å². The molecule has 0 saturated heterocycles. The van der Waals surface area contributed by atoms with Crippen molar-refractivity contribution in [3.05, 3.63) is 30.1 Å². The minimum atomic E-state index is -0.330. The first-order chi connectivity index (χ1) is 9.58. The molecule has 1 heterocycles. The molecule has 1 amide bonds. The number of carbonyl (C=O) groups is 1. The van der Waals surface area contributed by atoms with Crippen molar-refractivity contribution in [3.63, 3.8) is 0 Å². The number of halogens is 1. The van der Waals surface area contributed by atoms with Gasteiger partial charge in [-0.05, 0) is 37.4 Å². The van der Waals surface area contributed by atoms with Gasteiger partial charge < -0.3 is 5.32 Å². The Balaban J connectivity index is 1.93. The van der Waals surface area contributed by atoms with Crippen LogP contribution in [0.2, 0.25) is 0 Å². The van der Waals surface area contributed by atoms with Crippen molar-refractivity contribution in [1.29, 1.82) is 0 Å². The number of nitrogens with one attached hydrogen (secondary N) is 1. The lowest BCUT2D eigenvalue weighted by molar-refractivity contribution is -0.115. The number of nitrogens with zero attached hydrogens (tertiary/aromatic N) is 2. The van der Waals surface area contributed by atoms with Crippen LogP contribution in [0.25, 0.3) is 0 Å². The van der Waals surface area contributed by atoms with Crippen LogP contribution in [0.3, 0.4) is 0 Å².